The number of nitrogens with zero attached hydrogens (tertiary/aromatic N) is 1. The van der Waals surface area contributed by atoms with E-state index >= 15 is 0 Å². The minimum absolute atomic E-state index is 0.925. The van der Waals surface area contributed by atoms with Gasteiger partial charge in [0.25, 0.3) is 0 Å². The number of benzene rings is 9. The van der Waals surface area contributed by atoms with Crippen LogP contribution in [0.25, 0.3) is 95.0 Å². The first-order chi connectivity index (χ1) is 26.8. The van der Waals surface area contributed by atoms with Crippen molar-refractivity contribution in [3.8, 4) is 11.1 Å². The second-order valence-corrected chi connectivity index (χ2v) is 16.1. The lowest BCUT2D eigenvalue weighted by Gasteiger charge is -2.27. The van der Waals surface area contributed by atoms with Crippen LogP contribution >= 0.6 is 22.7 Å². The van der Waals surface area contributed by atoms with Crippen molar-refractivity contribution in [2.24, 2.45) is 0 Å². The zero-order chi connectivity index (χ0) is 35.3. The summed E-state index contributed by atoms with van der Waals surface area (Å²) in [4.78, 5) is 2.49. The molecule has 9 aromatic carbocycles. The van der Waals surface area contributed by atoms with Gasteiger partial charge in [-0.25, -0.2) is 0 Å². The van der Waals surface area contributed by atoms with Crippen LogP contribution in [-0.4, -0.2) is 0 Å². The standard InChI is InChI=1S/C50H29NOS2/c1-3-13-34-30(10-1)12-7-16-35(34)32-22-25-33(26-23-32)51(40-18-9-21-44-46(40)37-15-5-6-20-43(37)53-44)41-19-8-17-39-48-45(54-50(39)41)29-28-42-47(48)38-27-24-31-11-2-4-14-36(31)49(38)52-42/h1-29H. The molecule has 3 heterocycles. The summed E-state index contributed by atoms with van der Waals surface area (Å²) in [6.07, 6.45) is 0. The van der Waals surface area contributed by atoms with Crippen LogP contribution < -0.4 is 4.90 Å². The molecule has 0 N–H and O–H groups in total. The minimum Gasteiger partial charge on any atom is -0.455 e. The number of rotatable bonds is 4. The molecule has 0 radical (unpaired) electrons. The Kier molecular flexibility index (Phi) is 6.41. The molecule has 0 saturated heterocycles. The molecule has 2 nitrogen and oxygen atoms in total. The van der Waals surface area contributed by atoms with Gasteiger partial charge in [0, 0.05) is 57.5 Å². The van der Waals surface area contributed by atoms with Gasteiger partial charge in [-0.05, 0) is 81.9 Å². The molecule has 0 spiro atoms. The highest BCUT2D eigenvalue weighted by atomic mass is 32.1. The van der Waals surface area contributed by atoms with E-state index in [9.17, 15) is 0 Å². The Morgan fingerprint density at radius 1 is 0.389 bits per heavy atom. The van der Waals surface area contributed by atoms with Gasteiger partial charge in [0.2, 0.25) is 0 Å². The molecule has 3 aromatic heterocycles. The van der Waals surface area contributed by atoms with Gasteiger partial charge in [-0.3, -0.25) is 0 Å². The third kappa shape index (κ3) is 4.32. The van der Waals surface area contributed by atoms with E-state index in [1.807, 2.05) is 22.7 Å². The Morgan fingerprint density at radius 2 is 1.06 bits per heavy atom. The van der Waals surface area contributed by atoms with Gasteiger partial charge in [0.15, 0.2) is 0 Å². The molecule has 0 amide bonds. The maximum absolute atomic E-state index is 6.66. The van der Waals surface area contributed by atoms with Crippen molar-refractivity contribution in [1.82, 2.24) is 0 Å². The first kappa shape index (κ1) is 30.0. The van der Waals surface area contributed by atoms with E-state index in [1.54, 1.807) is 0 Å². The second-order valence-electron chi connectivity index (χ2n) is 14.0. The molecule has 4 heteroatoms. The van der Waals surface area contributed by atoms with Crippen LogP contribution in [0.4, 0.5) is 17.1 Å². The van der Waals surface area contributed by atoms with E-state index in [0.717, 1.165) is 27.6 Å². The summed E-state index contributed by atoms with van der Waals surface area (Å²) in [5.74, 6) is 0. The Hall–Kier alpha value is -6.46. The van der Waals surface area contributed by atoms with Crippen LogP contribution in [0.5, 0.6) is 0 Å². The smallest absolute Gasteiger partial charge is 0.143 e. The molecule has 0 atom stereocenters. The van der Waals surface area contributed by atoms with E-state index in [4.69, 9.17) is 4.42 Å². The van der Waals surface area contributed by atoms with Gasteiger partial charge in [-0.15, -0.1) is 22.7 Å². The SMILES string of the molecule is c1ccc2c(-c3ccc(N(c4cccc5c4sc4ccc6oc7c8ccccc8ccc7c6c45)c4cccc5sc6ccccc6c45)cc3)cccc2c1. The summed E-state index contributed by atoms with van der Waals surface area (Å²) in [7, 11) is 0. The zero-order valence-corrected chi connectivity index (χ0v) is 30.5. The third-order valence-corrected chi connectivity index (χ3v) is 13.4. The van der Waals surface area contributed by atoms with Crippen LogP contribution in [0.15, 0.2) is 180 Å². The lowest BCUT2D eigenvalue weighted by atomic mass is 9.98. The number of fused-ring (bicyclic) bond motifs is 13. The molecule has 12 rings (SSSR count). The maximum Gasteiger partial charge on any atom is 0.143 e. The van der Waals surface area contributed by atoms with Crippen LogP contribution in [0.2, 0.25) is 0 Å². The first-order valence-corrected chi connectivity index (χ1v) is 19.9. The quantitative estimate of drug-likeness (QED) is 0.180. The van der Waals surface area contributed by atoms with Gasteiger partial charge in [-0.2, -0.15) is 0 Å². The van der Waals surface area contributed by atoms with Crippen molar-refractivity contribution in [2.45, 2.75) is 0 Å². The molecule has 0 unspecified atom stereocenters. The predicted octanol–water partition coefficient (Wildman–Crippen LogP) is 15.8. The van der Waals surface area contributed by atoms with E-state index in [-0.39, 0.29) is 0 Å². The molecule has 0 bridgehead atoms. The normalized spacial score (nSPS) is 12.1. The van der Waals surface area contributed by atoms with E-state index in [1.165, 1.54) is 84.4 Å². The first-order valence-electron chi connectivity index (χ1n) is 18.3. The van der Waals surface area contributed by atoms with E-state index in [2.05, 4.69) is 181 Å². The molecule has 0 aliphatic rings. The summed E-state index contributed by atoms with van der Waals surface area (Å²) in [6.45, 7) is 0. The summed E-state index contributed by atoms with van der Waals surface area (Å²) in [5.41, 5.74) is 7.80. The molecule has 12 aromatic rings. The van der Waals surface area contributed by atoms with Crippen LogP contribution in [-0.2, 0) is 0 Å². The largest absolute Gasteiger partial charge is 0.455 e. The van der Waals surface area contributed by atoms with Crippen molar-refractivity contribution in [3.05, 3.63) is 176 Å². The Morgan fingerprint density at radius 3 is 1.94 bits per heavy atom. The predicted molar refractivity (Wildman–Crippen MR) is 235 cm³/mol. The molecule has 0 aliphatic heterocycles. The Labute approximate surface area is 318 Å². The number of hydrogen-bond donors (Lipinski definition) is 0. The Bertz CT molecular complexity index is 3450. The lowest BCUT2D eigenvalue weighted by Crippen LogP contribution is -2.10. The average Bonchev–Trinajstić information content (AvgIpc) is 3.93. The summed E-state index contributed by atoms with van der Waals surface area (Å²) in [5, 5.41) is 12.3. The molecule has 0 aliphatic carbocycles. The fourth-order valence-corrected chi connectivity index (χ4v) is 11.0. The highest BCUT2D eigenvalue weighted by Gasteiger charge is 2.23. The average molecular weight is 724 g/mol. The van der Waals surface area contributed by atoms with Gasteiger partial charge < -0.3 is 9.32 Å². The van der Waals surface area contributed by atoms with E-state index in [0.29, 0.717) is 0 Å². The summed E-state index contributed by atoms with van der Waals surface area (Å²) < 4.78 is 11.8. The summed E-state index contributed by atoms with van der Waals surface area (Å²) >= 11 is 3.73. The van der Waals surface area contributed by atoms with Gasteiger partial charge in [-0.1, -0.05) is 121 Å². The molecule has 54 heavy (non-hydrogen) atoms. The molecular formula is C50H29NOS2. The molecule has 0 fully saturated rings. The van der Waals surface area contributed by atoms with E-state index < -0.39 is 0 Å². The van der Waals surface area contributed by atoms with Crippen LogP contribution in [0.1, 0.15) is 0 Å². The topological polar surface area (TPSA) is 16.4 Å². The second kappa shape index (κ2) is 11.5. The molecular weight excluding hydrogens is 695 g/mol. The summed E-state index contributed by atoms with van der Waals surface area (Å²) in [6, 6.07) is 64.1. The third-order valence-electron chi connectivity index (χ3n) is 11.1. The zero-order valence-electron chi connectivity index (χ0n) is 28.9. The highest BCUT2D eigenvalue weighted by Crippen LogP contribution is 2.51. The van der Waals surface area contributed by atoms with Crippen molar-refractivity contribution >= 4 is 124 Å². The highest BCUT2D eigenvalue weighted by molar-refractivity contribution is 7.27. The number of hydrogen-bond acceptors (Lipinski definition) is 4. The fourth-order valence-electron chi connectivity index (χ4n) is 8.66. The van der Waals surface area contributed by atoms with Crippen molar-refractivity contribution in [2.75, 3.05) is 4.90 Å². The van der Waals surface area contributed by atoms with Gasteiger partial charge in [0.1, 0.15) is 11.2 Å². The number of thiophene rings is 2. The van der Waals surface area contributed by atoms with Crippen molar-refractivity contribution in [3.63, 3.8) is 0 Å². The fraction of sp³-hybridized carbons (Fsp3) is 0. The monoisotopic (exact) mass is 723 g/mol. The number of anilines is 3. The van der Waals surface area contributed by atoms with Crippen LogP contribution in [0.3, 0.4) is 0 Å². The molecule has 252 valence electrons. The van der Waals surface area contributed by atoms with Gasteiger partial charge in [0.05, 0.1) is 16.1 Å². The lowest BCUT2D eigenvalue weighted by molar-refractivity contribution is 0.673. The van der Waals surface area contributed by atoms with Crippen LogP contribution in [0, 0.1) is 0 Å². The minimum atomic E-state index is 0.925. The van der Waals surface area contributed by atoms with Crippen molar-refractivity contribution < 1.29 is 4.42 Å². The molecule has 0 saturated carbocycles. The number of furan rings is 1. The maximum atomic E-state index is 6.66. The van der Waals surface area contributed by atoms with Gasteiger partial charge >= 0.3 is 0 Å². The Balaban J connectivity index is 1.13. The van der Waals surface area contributed by atoms with Crippen molar-refractivity contribution in [1.29, 1.82) is 0 Å².